The van der Waals surface area contributed by atoms with E-state index >= 15 is 0 Å². The van der Waals surface area contributed by atoms with Gasteiger partial charge in [0.15, 0.2) is 0 Å². The molecule has 0 saturated carbocycles. The number of ether oxygens (including phenoxy) is 4. The predicted octanol–water partition coefficient (Wildman–Crippen LogP) is 10.8. The number of rotatable bonds is 8. The minimum absolute atomic E-state index is 0. The molecule has 0 spiro atoms. The van der Waals surface area contributed by atoms with Crippen LogP contribution in [-0.2, 0) is 18.9 Å². The molecule has 0 unspecified atom stereocenters. The van der Waals surface area contributed by atoms with Crippen molar-refractivity contribution in [3.63, 3.8) is 0 Å². The zero-order chi connectivity index (χ0) is 20.1. The van der Waals surface area contributed by atoms with E-state index in [4.69, 9.17) is 24.4 Å². The number of hydrogen-bond donors (Lipinski definition) is 2. The Kier molecular flexibility index (Phi) is 535. The second-order valence-electron chi connectivity index (χ2n) is 4.66. The second kappa shape index (κ2) is 166. The van der Waals surface area contributed by atoms with E-state index < -0.39 is 0 Å². The summed E-state index contributed by atoms with van der Waals surface area (Å²) in [4.78, 5) is 0. The molecule has 242 valence electrons. The van der Waals surface area contributed by atoms with Crippen LogP contribution in [0.1, 0.15) is 150 Å². The van der Waals surface area contributed by atoms with Crippen LogP contribution in [0, 0.1) is 0 Å². The van der Waals surface area contributed by atoms with E-state index in [1.165, 1.54) is 12.8 Å². The van der Waals surface area contributed by atoms with Gasteiger partial charge in [-0.2, -0.15) is 0 Å². The van der Waals surface area contributed by atoms with E-state index in [1.807, 2.05) is 6.92 Å². The fraction of sp³-hybridized carbons (Fsp3) is 1.00. The van der Waals surface area contributed by atoms with E-state index in [0.717, 1.165) is 6.61 Å². The Morgan fingerprint density at radius 2 is 0.771 bits per heavy atom. The number of aliphatic hydroxyl groups excluding tert-OH is 2. The van der Waals surface area contributed by atoms with Crippen LogP contribution < -0.4 is 0 Å². The lowest BCUT2D eigenvalue weighted by atomic mass is 10.5. The standard InChI is InChI=1S/C7H16O4.C3H8O.2C3H8.C2H6O.11CH4/c1-3-9-4-5-10-7-11-6-8-2;1-3(2)4;2*1-3-2;1-2-3;;;;;;;;;;;/h3-7H2,1-2H3;3-4H,1-2H3;2*3H2,1-2H3;3H,2H2,1H3;11*1H4. The molecule has 0 saturated heterocycles. The first-order valence-corrected chi connectivity index (χ1v) is 8.90. The Labute approximate surface area is 232 Å². The van der Waals surface area contributed by atoms with Gasteiger partial charge in [-0.3, -0.25) is 0 Å². The summed E-state index contributed by atoms with van der Waals surface area (Å²) < 4.78 is 19.5. The molecule has 0 aromatic heterocycles. The molecule has 0 radical (unpaired) electrons. The van der Waals surface area contributed by atoms with Gasteiger partial charge < -0.3 is 29.2 Å². The first-order chi connectivity index (χ1) is 11.4. The monoisotopic (exact) mass is 535 g/mol. The zero-order valence-corrected chi connectivity index (χ0v) is 17.8. The van der Waals surface area contributed by atoms with Gasteiger partial charge in [0.2, 0.25) is 0 Å². The lowest BCUT2D eigenvalue weighted by Crippen LogP contribution is -2.08. The van der Waals surface area contributed by atoms with Gasteiger partial charge in [-0.05, 0) is 27.7 Å². The summed E-state index contributed by atoms with van der Waals surface area (Å²) >= 11 is 0. The molecule has 0 rings (SSSR count). The Morgan fingerprint density at radius 3 is 0.971 bits per heavy atom. The molecular weight excluding hydrogens is 444 g/mol. The average molecular weight is 535 g/mol. The molecular formula is C29H90O6. The lowest BCUT2D eigenvalue weighted by Gasteiger charge is -2.04. The molecule has 6 heteroatoms. The largest absolute Gasteiger partial charge is 0.397 e. The second-order valence-corrected chi connectivity index (χ2v) is 4.66. The van der Waals surface area contributed by atoms with Gasteiger partial charge >= 0.3 is 0 Å². The number of hydrogen-bond acceptors (Lipinski definition) is 6. The molecule has 0 aromatic rings. The lowest BCUT2D eigenvalue weighted by molar-refractivity contribution is -0.126. The smallest absolute Gasteiger partial charge is 0.149 e. The van der Waals surface area contributed by atoms with E-state index in [1.54, 1.807) is 27.9 Å². The molecule has 0 aliphatic carbocycles. The van der Waals surface area contributed by atoms with E-state index in [9.17, 15) is 0 Å². The van der Waals surface area contributed by atoms with Crippen LogP contribution in [0.25, 0.3) is 0 Å². The fourth-order valence-electron chi connectivity index (χ4n) is 0.497. The third-order valence-electron chi connectivity index (χ3n) is 0.944. The Morgan fingerprint density at radius 1 is 0.543 bits per heavy atom. The summed E-state index contributed by atoms with van der Waals surface area (Å²) in [6, 6.07) is 0. The third-order valence-corrected chi connectivity index (χ3v) is 0.944. The van der Waals surface area contributed by atoms with Crippen molar-refractivity contribution in [1.82, 2.24) is 0 Å². The van der Waals surface area contributed by atoms with Crippen molar-refractivity contribution < 1.29 is 29.2 Å². The molecule has 0 fully saturated rings. The maximum absolute atomic E-state index is 8.06. The molecule has 0 aromatic carbocycles. The van der Waals surface area contributed by atoms with Crippen LogP contribution in [0.5, 0.6) is 0 Å². The third kappa shape index (κ3) is 566. The summed E-state index contributed by atoms with van der Waals surface area (Å²) in [7, 11) is 1.57. The van der Waals surface area contributed by atoms with Crippen LogP contribution in [-0.4, -0.2) is 63.4 Å². The molecule has 0 heterocycles. The molecule has 0 amide bonds. The Bertz CT molecular complexity index is 123. The maximum Gasteiger partial charge on any atom is 0.149 e. The summed E-state index contributed by atoms with van der Waals surface area (Å²) in [5.41, 5.74) is 0. The van der Waals surface area contributed by atoms with Gasteiger partial charge in [-0.25, -0.2) is 0 Å². The highest BCUT2D eigenvalue weighted by atomic mass is 16.7. The zero-order valence-electron chi connectivity index (χ0n) is 17.8. The topological polar surface area (TPSA) is 77.4 Å². The van der Waals surface area contributed by atoms with Crippen LogP contribution >= 0.6 is 0 Å². The quantitative estimate of drug-likeness (QED) is 0.238. The Hall–Kier alpha value is -0.240. The van der Waals surface area contributed by atoms with Crippen molar-refractivity contribution in [2.24, 2.45) is 0 Å². The molecule has 0 aliphatic rings. The highest BCUT2D eigenvalue weighted by Crippen LogP contribution is 1.80. The highest BCUT2D eigenvalue weighted by Gasteiger charge is 1.87. The van der Waals surface area contributed by atoms with Gasteiger partial charge in [-0.15, -0.1) is 0 Å². The normalized spacial score (nSPS) is 5.83. The van der Waals surface area contributed by atoms with E-state index in [-0.39, 0.29) is 108 Å². The van der Waals surface area contributed by atoms with Gasteiger partial charge in [0.25, 0.3) is 0 Å². The van der Waals surface area contributed by atoms with Gasteiger partial charge in [-0.1, -0.05) is 122 Å². The maximum atomic E-state index is 8.06. The summed E-state index contributed by atoms with van der Waals surface area (Å²) in [6.07, 6.45) is 2.33. The minimum Gasteiger partial charge on any atom is -0.397 e. The van der Waals surface area contributed by atoms with Gasteiger partial charge in [0, 0.05) is 26.4 Å². The summed E-state index contributed by atoms with van der Waals surface area (Å²) in [6.45, 7) is 18.3. The SMILES string of the molecule is C.C.C.C.C.C.C.C.C.C.C.CC(C)O.CCC.CCC.CCO.CCOCCOCOCOC. The van der Waals surface area contributed by atoms with Crippen LogP contribution in [0.3, 0.4) is 0 Å². The van der Waals surface area contributed by atoms with Crippen molar-refractivity contribution in [2.75, 3.05) is 47.1 Å². The number of aliphatic hydroxyl groups is 2. The minimum atomic E-state index is -0.167. The van der Waals surface area contributed by atoms with Crippen LogP contribution in [0.15, 0.2) is 0 Å². The molecule has 0 atom stereocenters. The molecule has 0 bridgehead atoms. The van der Waals surface area contributed by atoms with Crippen molar-refractivity contribution in [1.29, 1.82) is 0 Å². The van der Waals surface area contributed by atoms with Crippen molar-refractivity contribution in [2.45, 2.75) is 156 Å². The van der Waals surface area contributed by atoms with E-state index in [0.29, 0.717) is 13.2 Å². The average Bonchev–Trinajstić information content (AvgIpc) is 2.48. The van der Waals surface area contributed by atoms with Gasteiger partial charge in [0.1, 0.15) is 13.6 Å². The summed E-state index contributed by atoms with van der Waals surface area (Å²) in [5, 5.41) is 15.6. The van der Waals surface area contributed by atoms with Crippen molar-refractivity contribution in [3.8, 4) is 0 Å². The van der Waals surface area contributed by atoms with Crippen molar-refractivity contribution >= 4 is 0 Å². The Balaban J connectivity index is -0.00000000951. The first kappa shape index (κ1) is 113. The van der Waals surface area contributed by atoms with E-state index in [2.05, 4.69) is 32.4 Å². The van der Waals surface area contributed by atoms with Crippen LogP contribution in [0.4, 0.5) is 0 Å². The molecule has 6 nitrogen and oxygen atoms in total. The first-order valence-electron chi connectivity index (χ1n) is 8.90. The van der Waals surface area contributed by atoms with Crippen molar-refractivity contribution in [3.05, 3.63) is 0 Å². The predicted molar refractivity (Wildman–Crippen MR) is 176 cm³/mol. The number of methoxy groups -OCH3 is 1. The fourth-order valence-corrected chi connectivity index (χ4v) is 0.497. The van der Waals surface area contributed by atoms with Gasteiger partial charge in [0.05, 0.1) is 13.2 Å². The van der Waals surface area contributed by atoms with Crippen LogP contribution in [0.2, 0.25) is 0 Å². The molecule has 35 heavy (non-hydrogen) atoms. The molecule has 2 N–H and O–H groups in total. The summed E-state index contributed by atoms with van der Waals surface area (Å²) in [5.74, 6) is 0. The highest BCUT2D eigenvalue weighted by molar-refractivity contribution is 4.24. The molecule has 0 aliphatic heterocycles.